The Hall–Kier alpha value is -2.06. The van der Waals surface area contributed by atoms with Gasteiger partial charge in [-0.1, -0.05) is 13.3 Å². The molecule has 0 saturated carbocycles. The summed E-state index contributed by atoms with van der Waals surface area (Å²) in [5.41, 5.74) is 0.550. The number of nitrogens with one attached hydrogen (secondary N) is 1. The molecule has 0 saturated heterocycles. The molecule has 0 aliphatic heterocycles. The van der Waals surface area contributed by atoms with Crippen molar-refractivity contribution in [3.05, 3.63) is 29.8 Å². The Kier molecular flexibility index (Phi) is 7.27. The fourth-order valence-corrected chi connectivity index (χ4v) is 1.89. The maximum absolute atomic E-state index is 11.9. The van der Waals surface area contributed by atoms with E-state index in [0.717, 1.165) is 6.42 Å². The summed E-state index contributed by atoms with van der Waals surface area (Å²) in [6.07, 6.45) is 0.984. The Morgan fingerprint density at radius 1 is 1.43 bits per heavy atom. The highest BCUT2D eigenvalue weighted by molar-refractivity contribution is 5.80. The number of aliphatic hydroxyl groups excluding tert-OH is 1. The fourth-order valence-electron chi connectivity index (χ4n) is 1.89. The number of hydrogen-bond acceptors (Lipinski definition) is 4. The Bertz CT molecular complexity index is 479. The third kappa shape index (κ3) is 5.84. The van der Waals surface area contributed by atoms with Crippen molar-refractivity contribution in [1.82, 2.24) is 5.32 Å². The summed E-state index contributed by atoms with van der Waals surface area (Å²) in [6.45, 7) is 4.38. The van der Waals surface area contributed by atoms with Gasteiger partial charge in [0.15, 0.2) is 6.10 Å². The van der Waals surface area contributed by atoms with Gasteiger partial charge in [0.2, 0.25) is 0 Å². The molecular weight excluding hydrogens is 268 g/mol. The molecule has 5 heteroatoms. The molecule has 0 spiro atoms. The van der Waals surface area contributed by atoms with Crippen molar-refractivity contribution in [2.24, 2.45) is 5.92 Å². The minimum atomic E-state index is -0.607. The second-order valence-corrected chi connectivity index (χ2v) is 4.93. The third-order valence-corrected chi connectivity index (χ3v) is 3.35. The van der Waals surface area contributed by atoms with Gasteiger partial charge in [-0.3, -0.25) is 4.79 Å². The minimum Gasteiger partial charge on any atom is -0.481 e. The molecule has 0 aliphatic rings. The predicted molar refractivity (Wildman–Crippen MR) is 79.7 cm³/mol. The van der Waals surface area contributed by atoms with Crippen LogP contribution in [-0.4, -0.2) is 30.3 Å². The topological polar surface area (TPSA) is 82.3 Å². The fraction of sp³-hybridized carbons (Fsp3) is 0.500. The van der Waals surface area contributed by atoms with E-state index in [9.17, 15) is 4.79 Å². The van der Waals surface area contributed by atoms with Gasteiger partial charge in [-0.15, -0.1) is 0 Å². The maximum Gasteiger partial charge on any atom is 0.260 e. The second kappa shape index (κ2) is 8.98. The van der Waals surface area contributed by atoms with E-state index in [1.165, 1.54) is 0 Å². The van der Waals surface area contributed by atoms with Crippen LogP contribution < -0.4 is 10.1 Å². The number of benzene rings is 1. The van der Waals surface area contributed by atoms with Crippen LogP contribution in [-0.2, 0) is 4.79 Å². The van der Waals surface area contributed by atoms with Gasteiger partial charge < -0.3 is 15.2 Å². The quantitative estimate of drug-likeness (QED) is 0.765. The van der Waals surface area contributed by atoms with E-state index in [0.29, 0.717) is 24.3 Å². The van der Waals surface area contributed by atoms with Crippen LogP contribution in [0.3, 0.4) is 0 Å². The zero-order valence-electron chi connectivity index (χ0n) is 12.5. The molecule has 21 heavy (non-hydrogen) atoms. The molecule has 1 rings (SSSR count). The van der Waals surface area contributed by atoms with Crippen molar-refractivity contribution in [3.63, 3.8) is 0 Å². The molecule has 0 aromatic heterocycles. The van der Waals surface area contributed by atoms with Crippen LogP contribution >= 0.6 is 0 Å². The first-order chi connectivity index (χ1) is 10.1. The molecular formula is C16H22N2O3. The summed E-state index contributed by atoms with van der Waals surface area (Å²) < 4.78 is 5.53. The van der Waals surface area contributed by atoms with Crippen LogP contribution in [0.5, 0.6) is 5.75 Å². The zero-order chi connectivity index (χ0) is 15.7. The summed E-state index contributed by atoms with van der Waals surface area (Å²) in [6, 6.07) is 8.66. The van der Waals surface area contributed by atoms with Crippen LogP contribution in [0.15, 0.2) is 24.3 Å². The molecule has 114 valence electrons. The van der Waals surface area contributed by atoms with Crippen molar-refractivity contribution in [2.75, 3.05) is 13.2 Å². The van der Waals surface area contributed by atoms with E-state index in [4.69, 9.17) is 15.1 Å². The number of nitriles is 1. The van der Waals surface area contributed by atoms with Crippen molar-refractivity contribution < 1.29 is 14.6 Å². The van der Waals surface area contributed by atoms with E-state index in [1.54, 1.807) is 31.2 Å². The lowest BCUT2D eigenvalue weighted by molar-refractivity contribution is -0.127. The number of amides is 1. The summed E-state index contributed by atoms with van der Waals surface area (Å²) in [7, 11) is 0. The van der Waals surface area contributed by atoms with Crippen molar-refractivity contribution >= 4 is 5.91 Å². The van der Waals surface area contributed by atoms with E-state index in [2.05, 4.69) is 5.32 Å². The van der Waals surface area contributed by atoms with Gasteiger partial charge in [-0.25, -0.2) is 0 Å². The lowest BCUT2D eigenvalue weighted by atomic mass is 10.0. The summed E-state index contributed by atoms with van der Waals surface area (Å²) in [4.78, 5) is 11.9. The molecule has 0 radical (unpaired) electrons. The van der Waals surface area contributed by atoms with Crippen molar-refractivity contribution in [2.45, 2.75) is 32.8 Å². The molecule has 1 aromatic rings. The van der Waals surface area contributed by atoms with Gasteiger partial charge in [-0.05, 0) is 43.5 Å². The van der Waals surface area contributed by atoms with Gasteiger partial charge in [0.1, 0.15) is 5.75 Å². The van der Waals surface area contributed by atoms with E-state index in [-0.39, 0.29) is 18.4 Å². The molecule has 0 fully saturated rings. The second-order valence-electron chi connectivity index (χ2n) is 4.93. The highest BCUT2D eigenvalue weighted by Crippen LogP contribution is 2.13. The monoisotopic (exact) mass is 290 g/mol. The largest absolute Gasteiger partial charge is 0.481 e. The zero-order valence-corrected chi connectivity index (χ0v) is 12.5. The molecule has 2 N–H and O–H groups in total. The number of carbonyl (C=O) groups is 1. The van der Waals surface area contributed by atoms with Gasteiger partial charge in [0.05, 0.1) is 11.6 Å². The summed E-state index contributed by atoms with van der Waals surface area (Å²) >= 11 is 0. The first kappa shape index (κ1) is 17.0. The Morgan fingerprint density at radius 2 is 2.10 bits per heavy atom. The lowest BCUT2D eigenvalue weighted by Crippen LogP contribution is -2.39. The SMILES string of the molecule is CCC(CCO)CNC(=O)C(C)Oc1ccc(C#N)cc1. The number of aliphatic hydroxyl groups is 1. The average Bonchev–Trinajstić information content (AvgIpc) is 2.51. The molecule has 1 aromatic carbocycles. The van der Waals surface area contributed by atoms with E-state index < -0.39 is 6.10 Å². The van der Waals surface area contributed by atoms with Gasteiger partial charge in [-0.2, -0.15) is 5.26 Å². The molecule has 5 nitrogen and oxygen atoms in total. The summed E-state index contributed by atoms with van der Waals surface area (Å²) in [5.74, 6) is 0.649. The first-order valence-corrected chi connectivity index (χ1v) is 7.16. The Balaban J connectivity index is 2.44. The number of carbonyl (C=O) groups excluding carboxylic acids is 1. The van der Waals surface area contributed by atoms with Gasteiger partial charge in [0.25, 0.3) is 5.91 Å². The standard InChI is InChI=1S/C16H22N2O3/c1-3-13(8-9-19)11-18-16(20)12(2)21-15-6-4-14(10-17)5-7-15/h4-7,12-13,19H,3,8-9,11H2,1-2H3,(H,18,20). The average molecular weight is 290 g/mol. The van der Waals surface area contributed by atoms with Crippen molar-refractivity contribution in [3.8, 4) is 11.8 Å². The lowest BCUT2D eigenvalue weighted by Gasteiger charge is -2.18. The molecule has 0 aliphatic carbocycles. The highest BCUT2D eigenvalue weighted by Gasteiger charge is 2.16. The Morgan fingerprint density at radius 3 is 2.62 bits per heavy atom. The van der Waals surface area contributed by atoms with Gasteiger partial charge in [0, 0.05) is 13.2 Å². The molecule has 2 unspecified atom stereocenters. The van der Waals surface area contributed by atoms with E-state index >= 15 is 0 Å². The number of ether oxygens (including phenoxy) is 1. The minimum absolute atomic E-state index is 0.131. The molecule has 1 amide bonds. The van der Waals surface area contributed by atoms with Crippen molar-refractivity contribution in [1.29, 1.82) is 5.26 Å². The smallest absolute Gasteiger partial charge is 0.260 e. The van der Waals surface area contributed by atoms with Crippen LogP contribution in [0.25, 0.3) is 0 Å². The normalized spacial score (nSPS) is 13.0. The van der Waals surface area contributed by atoms with Crippen LogP contribution in [0.1, 0.15) is 32.3 Å². The highest BCUT2D eigenvalue weighted by atomic mass is 16.5. The third-order valence-electron chi connectivity index (χ3n) is 3.35. The van der Waals surface area contributed by atoms with Crippen LogP contribution in [0.2, 0.25) is 0 Å². The number of nitrogens with zero attached hydrogens (tertiary/aromatic N) is 1. The van der Waals surface area contributed by atoms with Gasteiger partial charge >= 0.3 is 0 Å². The van der Waals surface area contributed by atoms with Crippen LogP contribution in [0, 0.1) is 17.2 Å². The summed E-state index contributed by atoms with van der Waals surface area (Å²) in [5, 5.41) is 20.5. The molecule has 0 heterocycles. The molecule has 0 bridgehead atoms. The first-order valence-electron chi connectivity index (χ1n) is 7.16. The maximum atomic E-state index is 11.9. The predicted octanol–water partition coefficient (Wildman–Crippen LogP) is 1.85. The Labute approximate surface area is 125 Å². The number of hydrogen-bond donors (Lipinski definition) is 2. The van der Waals surface area contributed by atoms with Crippen LogP contribution in [0.4, 0.5) is 0 Å². The molecule has 2 atom stereocenters. The van der Waals surface area contributed by atoms with E-state index in [1.807, 2.05) is 13.0 Å². The number of rotatable bonds is 8.